The Kier molecular flexibility index (Phi) is 8.67. The molecule has 32 heavy (non-hydrogen) atoms. The molecule has 2 aliphatic heterocycles. The number of benzene rings is 1. The molecule has 0 aliphatic carbocycles. The van der Waals surface area contributed by atoms with E-state index in [1.54, 1.807) is 7.05 Å². The number of hydrogen-bond donors (Lipinski definition) is 2. The fraction of sp³-hybridized carbons (Fsp3) is 0.565. The van der Waals surface area contributed by atoms with Crippen LogP contribution in [0.25, 0.3) is 0 Å². The number of rotatable bonds is 10. The van der Waals surface area contributed by atoms with Gasteiger partial charge in [0.2, 0.25) is 5.96 Å². The van der Waals surface area contributed by atoms with Gasteiger partial charge in [-0.3, -0.25) is 10.1 Å². The SMILES string of the molecule is CCCCCCCCCN1C(N/N=C(/C)c2ccc(Br)cc2)=NC2C1C(=O)NC(=O)N2C. The van der Waals surface area contributed by atoms with E-state index in [1.807, 2.05) is 36.1 Å². The molecular formula is C23H33BrN6O2. The summed E-state index contributed by atoms with van der Waals surface area (Å²) in [7, 11) is 1.66. The number of guanidine groups is 1. The van der Waals surface area contributed by atoms with Crippen LogP contribution < -0.4 is 10.7 Å². The predicted molar refractivity (Wildman–Crippen MR) is 131 cm³/mol. The van der Waals surface area contributed by atoms with Crippen molar-refractivity contribution in [2.24, 2.45) is 10.1 Å². The summed E-state index contributed by atoms with van der Waals surface area (Å²) < 4.78 is 1.01. The maximum atomic E-state index is 12.6. The Morgan fingerprint density at radius 3 is 2.47 bits per heavy atom. The topological polar surface area (TPSA) is 89.4 Å². The number of imide groups is 1. The van der Waals surface area contributed by atoms with Crippen molar-refractivity contribution in [2.45, 2.75) is 71.0 Å². The minimum absolute atomic E-state index is 0.310. The second-order valence-electron chi connectivity index (χ2n) is 8.35. The van der Waals surface area contributed by atoms with Gasteiger partial charge in [-0.1, -0.05) is 73.5 Å². The lowest BCUT2D eigenvalue weighted by molar-refractivity contribution is -0.127. The third-order valence-electron chi connectivity index (χ3n) is 5.95. The predicted octanol–water partition coefficient (Wildman–Crippen LogP) is 4.06. The molecule has 1 aromatic carbocycles. The number of halogens is 1. The first kappa shape index (κ1) is 24.2. The van der Waals surface area contributed by atoms with Crippen LogP contribution >= 0.6 is 15.9 Å². The van der Waals surface area contributed by atoms with Gasteiger partial charge in [0.1, 0.15) is 0 Å². The maximum absolute atomic E-state index is 12.6. The van der Waals surface area contributed by atoms with Gasteiger partial charge >= 0.3 is 6.03 Å². The lowest BCUT2D eigenvalue weighted by Gasteiger charge is -2.36. The largest absolute Gasteiger partial charge is 0.326 e. The molecule has 0 radical (unpaired) electrons. The van der Waals surface area contributed by atoms with E-state index in [4.69, 9.17) is 0 Å². The summed E-state index contributed by atoms with van der Waals surface area (Å²) in [6.45, 7) is 4.82. The number of hydrogen-bond acceptors (Lipinski definition) is 6. The van der Waals surface area contributed by atoms with Crippen LogP contribution in [-0.2, 0) is 4.79 Å². The van der Waals surface area contributed by atoms with Crippen molar-refractivity contribution in [3.8, 4) is 0 Å². The number of aliphatic imine (C=N–C) groups is 1. The molecule has 9 heteroatoms. The first-order valence-electron chi connectivity index (χ1n) is 11.4. The Balaban J connectivity index is 1.68. The summed E-state index contributed by atoms with van der Waals surface area (Å²) in [5.41, 5.74) is 4.85. The first-order chi connectivity index (χ1) is 15.4. The standard InChI is InChI=1S/C23H33BrN6O2/c1-4-5-6-7-8-9-10-15-30-19-20(29(3)23(32)26-21(19)31)25-22(30)28-27-16(2)17-11-13-18(24)14-12-17/h11-14,19-20H,4-10,15H2,1-3H3,(H,25,28)(H,26,31,32)/b27-16-. The molecule has 3 amide bonds. The van der Waals surface area contributed by atoms with E-state index in [2.05, 4.69) is 43.7 Å². The van der Waals surface area contributed by atoms with E-state index in [-0.39, 0.29) is 5.91 Å². The molecule has 8 nitrogen and oxygen atoms in total. The molecule has 2 heterocycles. The molecule has 0 bridgehead atoms. The number of likely N-dealkylation sites (N-methyl/N-ethyl adjacent to an activating group) is 1. The highest BCUT2D eigenvalue weighted by molar-refractivity contribution is 9.10. The Labute approximate surface area is 198 Å². The summed E-state index contributed by atoms with van der Waals surface area (Å²) >= 11 is 3.44. The normalized spacial score (nSPS) is 20.9. The minimum Gasteiger partial charge on any atom is -0.326 e. The zero-order chi connectivity index (χ0) is 23.1. The highest BCUT2D eigenvalue weighted by Crippen LogP contribution is 2.24. The number of amides is 3. The van der Waals surface area contributed by atoms with E-state index < -0.39 is 18.2 Å². The number of urea groups is 1. The van der Waals surface area contributed by atoms with E-state index >= 15 is 0 Å². The van der Waals surface area contributed by atoms with Crippen LogP contribution in [0.15, 0.2) is 38.8 Å². The van der Waals surface area contributed by atoms with Gasteiger partial charge in [0.05, 0.1) is 5.71 Å². The molecule has 0 saturated carbocycles. The second-order valence-corrected chi connectivity index (χ2v) is 9.26. The Bertz CT molecular complexity index is 870. The lowest BCUT2D eigenvalue weighted by Crippen LogP contribution is -2.64. The zero-order valence-corrected chi connectivity index (χ0v) is 20.7. The van der Waals surface area contributed by atoms with Gasteiger partial charge in [-0.25, -0.2) is 15.2 Å². The molecule has 2 unspecified atom stereocenters. The number of carbonyl (C=O) groups is 2. The van der Waals surface area contributed by atoms with E-state index in [0.717, 1.165) is 28.6 Å². The highest BCUT2D eigenvalue weighted by atomic mass is 79.9. The van der Waals surface area contributed by atoms with Crippen LogP contribution in [0, 0.1) is 0 Å². The number of fused-ring (bicyclic) bond motifs is 1. The summed E-state index contributed by atoms with van der Waals surface area (Å²) in [6, 6.07) is 6.94. The number of unbranched alkanes of at least 4 members (excludes halogenated alkanes) is 6. The Hall–Kier alpha value is -2.42. The van der Waals surface area contributed by atoms with Gasteiger partial charge in [-0.05, 0) is 31.0 Å². The first-order valence-corrected chi connectivity index (χ1v) is 12.2. The van der Waals surface area contributed by atoms with Crippen molar-refractivity contribution in [1.29, 1.82) is 0 Å². The van der Waals surface area contributed by atoms with Crippen molar-refractivity contribution >= 4 is 39.5 Å². The average Bonchev–Trinajstić information content (AvgIpc) is 3.15. The molecular weight excluding hydrogens is 472 g/mol. The molecule has 1 saturated heterocycles. The van der Waals surface area contributed by atoms with Crippen molar-refractivity contribution in [2.75, 3.05) is 13.6 Å². The van der Waals surface area contributed by atoms with Gasteiger partial charge in [0, 0.05) is 18.1 Å². The number of nitrogens with zero attached hydrogens (tertiary/aromatic N) is 4. The summed E-state index contributed by atoms with van der Waals surface area (Å²) in [5, 5.41) is 6.94. The monoisotopic (exact) mass is 504 g/mol. The molecule has 2 atom stereocenters. The number of carbonyl (C=O) groups excluding carboxylic acids is 2. The fourth-order valence-electron chi connectivity index (χ4n) is 3.99. The zero-order valence-electron chi connectivity index (χ0n) is 19.1. The van der Waals surface area contributed by atoms with Crippen LogP contribution in [0.5, 0.6) is 0 Å². The van der Waals surface area contributed by atoms with Crippen molar-refractivity contribution < 1.29 is 9.59 Å². The summed E-state index contributed by atoms with van der Waals surface area (Å²) in [5.74, 6) is 0.217. The Morgan fingerprint density at radius 2 is 1.78 bits per heavy atom. The third-order valence-corrected chi connectivity index (χ3v) is 6.48. The smallest absolute Gasteiger partial charge is 0.325 e. The van der Waals surface area contributed by atoms with Crippen molar-refractivity contribution in [3.05, 3.63) is 34.3 Å². The molecule has 174 valence electrons. The lowest BCUT2D eigenvalue weighted by atomic mass is 10.1. The van der Waals surface area contributed by atoms with Crippen LogP contribution in [-0.4, -0.2) is 59.2 Å². The van der Waals surface area contributed by atoms with E-state index in [1.165, 1.54) is 37.0 Å². The van der Waals surface area contributed by atoms with Crippen molar-refractivity contribution in [1.82, 2.24) is 20.5 Å². The fourth-order valence-corrected chi connectivity index (χ4v) is 4.26. The van der Waals surface area contributed by atoms with Gasteiger partial charge in [-0.2, -0.15) is 5.10 Å². The van der Waals surface area contributed by atoms with E-state index in [0.29, 0.717) is 12.5 Å². The van der Waals surface area contributed by atoms with Crippen molar-refractivity contribution in [3.63, 3.8) is 0 Å². The van der Waals surface area contributed by atoms with E-state index in [9.17, 15) is 9.59 Å². The molecule has 1 fully saturated rings. The van der Waals surface area contributed by atoms with Gasteiger partial charge in [-0.15, -0.1) is 0 Å². The molecule has 1 aromatic rings. The molecule has 2 N–H and O–H groups in total. The second kappa shape index (κ2) is 11.4. The van der Waals surface area contributed by atoms with Crippen LogP contribution in [0.3, 0.4) is 0 Å². The molecule has 0 aromatic heterocycles. The van der Waals surface area contributed by atoms with Gasteiger partial charge in [0.15, 0.2) is 12.2 Å². The molecule has 2 aliphatic rings. The van der Waals surface area contributed by atoms with Crippen LogP contribution in [0.1, 0.15) is 64.4 Å². The average molecular weight is 505 g/mol. The maximum Gasteiger partial charge on any atom is 0.325 e. The minimum atomic E-state index is -0.550. The van der Waals surface area contributed by atoms with Gasteiger partial charge < -0.3 is 9.80 Å². The summed E-state index contributed by atoms with van der Waals surface area (Å²) in [4.78, 5) is 32.8. The third kappa shape index (κ3) is 5.88. The Morgan fingerprint density at radius 1 is 1.12 bits per heavy atom. The number of nitrogens with one attached hydrogen (secondary N) is 2. The highest BCUT2D eigenvalue weighted by Gasteiger charge is 2.48. The van der Waals surface area contributed by atoms with Crippen LogP contribution in [0.2, 0.25) is 0 Å². The summed E-state index contributed by atoms with van der Waals surface area (Å²) in [6.07, 6.45) is 7.74. The van der Waals surface area contributed by atoms with Gasteiger partial charge in [0.25, 0.3) is 5.91 Å². The van der Waals surface area contributed by atoms with Crippen LogP contribution in [0.4, 0.5) is 4.79 Å². The quantitative estimate of drug-likeness (QED) is 0.285. The molecule has 3 rings (SSSR count). The number of hydrazone groups is 1. The molecule has 0 spiro atoms.